The van der Waals surface area contributed by atoms with Gasteiger partial charge >= 0.3 is 0 Å². The Morgan fingerprint density at radius 1 is 1.14 bits per heavy atom. The number of fused-ring (bicyclic) bond motifs is 1. The van der Waals surface area contributed by atoms with Crippen LogP contribution in [-0.2, 0) is 9.84 Å². The maximum atomic E-state index is 12.7. The molecule has 0 atom stereocenters. The van der Waals surface area contributed by atoms with E-state index in [1.807, 2.05) is 0 Å². The SMILES string of the molecule is O=S(=O)(c1cccnc1)c1cc(Cl)c(O)c2ncccc12. The van der Waals surface area contributed by atoms with Crippen molar-refractivity contribution in [3.63, 3.8) is 0 Å². The molecule has 0 radical (unpaired) electrons. The van der Waals surface area contributed by atoms with E-state index in [1.165, 1.54) is 36.8 Å². The van der Waals surface area contributed by atoms with E-state index in [-0.39, 0.29) is 26.1 Å². The second-order valence-electron chi connectivity index (χ2n) is 4.30. The molecule has 0 aliphatic carbocycles. The molecule has 0 unspecified atom stereocenters. The van der Waals surface area contributed by atoms with Crippen molar-refractivity contribution in [3.05, 3.63) is 53.9 Å². The summed E-state index contributed by atoms with van der Waals surface area (Å²) in [5.74, 6) is -0.239. The molecule has 7 heteroatoms. The topological polar surface area (TPSA) is 80.2 Å². The molecular formula is C14H9ClN2O3S. The van der Waals surface area contributed by atoms with Gasteiger partial charge in [0.15, 0.2) is 5.75 Å². The van der Waals surface area contributed by atoms with E-state index in [0.29, 0.717) is 5.39 Å². The highest BCUT2D eigenvalue weighted by atomic mass is 35.5. The minimum atomic E-state index is -3.80. The summed E-state index contributed by atoms with van der Waals surface area (Å²) in [6.45, 7) is 0. The van der Waals surface area contributed by atoms with Gasteiger partial charge in [0.2, 0.25) is 9.84 Å². The van der Waals surface area contributed by atoms with Crippen LogP contribution in [0.5, 0.6) is 5.75 Å². The number of nitrogens with zero attached hydrogens (tertiary/aromatic N) is 2. The Hall–Kier alpha value is -2.18. The van der Waals surface area contributed by atoms with Crippen molar-refractivity contribution in [2.45, 2.75) is 9.79 Å². The number of aromatic hydroxyl groups is 1. The highest BCUT2D eigenvalue weighted by Gasteiger charge is 2.23. The first-order chi connectivity index (χ1) is 10.0. The van der Waals surface area contributed by atoms with Gasteiger partial charge in [-0.25, -0.2) is 8.42 Å². The van der Waals surface area contributed by atoms with E-state index < -0.39 is 9.84 Å². The van der Waals surface area contributed by atoms with E-state index in [2.05, 4.69) is 9.97 Å². The second-order valence-corrected chi connectivity index (χ2v) is 6.62. The van der Waals surface area contributed by atoms with Gasteiger partial charge in [-0.15, -0.1) is 0 Å². The Labute approximate surface area is 125 Å². The van der Waals surface area contributed by atoms with Crippen LogP contribution in [0.3, 0.4) is 0 Å². The zero-order chi connectivity index (χ0) is 15.0. The molecule has 2 aromatic heterocycles. The Morgan fingerprint density at radius 2 is 1.90 bits per heavy atom. The molecule has 0 amide bonds. The first-order valence-electron chi connectivity index (χ1n) is 5.93. The van der Waals surface area contributed by atoms with Crippen LogP contribution in [0.1, 0.15) is 0 Å². The van der Waals surface area contributed by atoms with Crippen LogP contribution < -0.4 is 0 Å². The summed E-state index contributed by atoms with van der Waals surface area (Å²) >= 11 is 5.92. The summed E-state index contributed by atoms with van der Waals surface area (Å²) in [6, 6.07) is 7.38. The number of pyridine rings is 2. The molecule has 21 heavy (non-hydrogen) atoms. The maximum absolute atomic E-state index is 12.7. The monoisotopic (exact) mass is 320 g/mol. The molecule has 0 spiro atoms. The molecule has 0 aliphatic heterocycles. The van der Waals surface area contributed by atoms with Gasteiger partial charge in [0.25, 0.3) is 0 Å². The molecule has 0 saturated carbocycles. The van der Waals surface area contributed by atoms with Gasteiger partial charge in [0.1, 0.15) is 5.52 Å². The Morgan fingerprint density at radius 3 is 2.62 bits per heavy atom. The maximum Gasteiger partial charge on any atom is 0.208 e. The van der Waals surface area contributed by atoms with E-state index >= 15 is 0 Å². The largest absolute Gasteiger partial charge is 0.504 e. The minimum absolute atomic E-state index is 0.0126. The fraction of sp³-hybridized carbons (Fsp3) is 0. The molecule has 0 aliphatic rings. The first-order valence-corrected chi connectivity index (χ1v) is 7.79. The Kier molecular flexibility index (Phi) is 3.27. The zero-order valence-corrected chi connectivity index (χ0v) is 12.1. The van der Waals surface area contributed by atoms with Crippen LogP contribution in [0.25, 0.3) is 10.9 Å². The van der Waals surface area contributed by atoms with Gasteiger partial charge in [-0.3, -0.25) is 9.97 Å². The van der Waals surface area contributed by atoms with Crippen molar-refractivity contribution in [3.8, 4) is 5.75 Å². The number of sulfone groups is 1. The molecule has 1 aromatic carbocycles. The van der Waals surface area contributed by atoms with Gasteiger partial charge in [-0.2, -0.15) is 0 Å². The number of phenols is 1. The minimum Gasteiger partial charge on any atom is -0.504 e. The third-order valence-electron chi connectivity index (χ3n) is 3.02. The Bertz CT molecular complexity index is 928. The summed E-state index contributed by atoms with van der Waals surface area (Å²) in [5.41, 5.74) is 0.146. The number of hydrogen-bond acceptors (Lipinski definition) is 5. The average molecular weight is 321 g/mol. The summed E-state index contributed by atoms with van der Waals surface area (Å²) in [6.07, 6.45) is 4.21. The molecule has 0 saturated heterocycles. The van der Waals surface area contributed by atoms with Gasteiger partial charge < -0.3 is 5.11 Å². The molecular weight excluding hydrogens is 312 g/mol. The van der Waals surface area contributed by atoms with Crippen molar-refractivity contribution in [2.24, 2.45) is 0 Å². The van der Waals surface area contributed by atoms with Gasteiger partial charge in [-0.1, -0.05) is 11.6 Å². The molecule has 106 valence electrons. The van der Waals surface area contributed by atoms with Crippen molar-refractivity contribution < 1.29 is 13.5 Å². The lowest BCUT2D eigenvalue weighted by molar-refractivity contribution is 0.480. The highest BCUT2D eigenvalue weighted by molar-refractivity contribution is 7.91. The van der Waals surface area contributed by atoms with E-state index in [0.717, 1.165) is 0 Å². The smallest absolute Gasteiger partial charge is 0.208 e. The summed E-state index contributed by atoms with van der Waals surface area (Å²) in [5, 5.41) is 10.2. The summed E-state index contributed by atoms with van der Waals surface area (Å²) < 4.78 is 25.4. The third-order valence-corrected chi connectivity index (χ3v) is 5.08. The molecule has 3 aromatic rings. The average Bonchev–Trinajstić information content (AvgIpc) is 2.51. The quantitative estimate of drug-likeness (QED) is 0.785. The number of benzene rings is 1. The van der Waals surface area contributed by atoms with E-state index in [4.69, 9.17) is 11.6 Å². The number of halogens is 1. The lowest BCUT2D eigenvalue weighted by atomic mass is 10.2. The van der Waals surface area contributed by atoms with Crippen LogP contribution in [0.4, 0.5) is 0 Å². The lowest BCUT2D eigenvalue weighted by Crippen LogP contribution is -2.04. The Balaban J connectivity index is 2.39. The van der Waals surface area contributed by atoms with Crippen molar-refractivity contribution in [1.82, 2.24) is 9.97 Å². The van der Waals surface area contributed by atoms with Crippen LogP contribution in [0, 0.1) is 0 Å². The van der Waals surface area contributed by atoms with Crippen LogP contribution >= 0.6 is 11.6 Å². The van der Waals surface area contributed by atoms with Crippen LogP contribution in [0.15, 0.2) is 58.7 Å². The summed E-state index contributed by atoms with van der Waals surface area (Å²) in [7, 11) is -3.80. The van der Waals surface area contributed by atoms with Gasteiger partial charge in [0, 0.05) is 24.0 Å². The molecule has 2 heterocycles. The molecule has 0 fully saturated rings. The fourth-order valence-electron chi connectivity index (χ4n) is 2.02. The van der Waals surface area contributed by atoms with Crippen molar-refractivity contribution in [2.75, 3.05) is 0 Å². The van der Waals surface area contributed by atoms with Gasteiger partial charge in [0.05, 0.1) is 14.8 Å². The standard InChI is InChI=1S/C14H9ClN2O3S/c15-11-7-12(10-4-2-6-17-13(10)14(11)18)21(19,20)9-3-1-5-16-8-9/h1-8,18H. The van der Waals surface area contributed by atoms with E-state index in [9.17, 15) is 13.5 Å². The van der Waals surface area contributed by atoms with E-state index in [1.54, 1.807) is 12.1 Å². The highest BCUT2D eigenvalue weighted by Crippen LogP contribution is 2.37. The zero-order valence-electron chi connectivity index (χ0n) is 10.6. The van der Waals surface area contributed by atoms with Crippen molar-refractivity contribution >= 4 is 32.3 Å². The fourth-order valence-corrected chi connectivity index (χ4v) is 3.72. The number of rotatable bonds is 2. The van der Waals surface area contributed by atoms with Crippen molar-refractivity contribution in [1.29, 1.82) is 0 Å². The second kappa shape index (κ2) is 4.98. The lowest BCUT2D eigenvalue weighted by Gasteiger charge is -2.10. The van der Waals surface area contributed by atoms with Crippen LogP contribution in [-0.4, -0.2) is 23.5 Å². The number of phenolic OH excluding ortho intramolecular Hbond substituents is 1. The molecule has 3 rings (SSSR count). The number of aromatic nitrogens is 2. The van der Waals surface area contributed by atoms with Crippen LogP contribution in [0.2, 0.25) is 5.02 Å². The molecule has 1 N–H and O–H groups in total. The number of hydrogen-bond donors (Lipinski definition) is 1. The normalized spacial score (nSPS) is 11.7. The first kappa shape index (κ1) is 13.8. The third kappa shape index (κ3) is 2.22. The predicted octanol–water partition coefficient (Wildman–Crippen LogP) is 2.82. The molecule has 0 bridgehead atoms. The summed E-state index contributed by atoms with van der Waals surface area (Å²) in [4.78, 5) is 7.85. The molecule has 5 nitrogen and oxygen atoms in total. The van der Waals surface area contributed by atoms with Gasteiger partial charge in [-0.05, 0) is 30.3 Å². The predicted molar refractivity (Wildman–Crippen MR) is 78.1 cm³/mol.